The van der Waals surface area contributed by atoms with Crippen molar-refractivity contribution >= 4 is 23.8 Å². The SMILES string of the molecule is CC(C)Oc1ccc(-c2nn(C)c(=S)n(C)c2=O)cc1Cl. The molecular formula is C14H16ClN3O2S. The van der Waals surface area contributed by atoms with Crippen molar-refractivity contribution in [2.24, 2.45) is 14.1 Å². The lowest BCUT2D eigenvalue weighted by Crippen LogP contribution is -2.25. The molecule has 5 nitrogen and oxygen atoms in total. The van der Waals surface area contributed by atoms with E-state index in [9.17, 15) is 4.79 Å². The van der Waals surface area contributed by atoms with Gasteiger partial charge in [0.05, 0.1) is 11.1 Å². The molecule has 7 heteroatoms. The second-order valence-corrected chi connectivity index (χ2v) is 5.70. The molecule has 0 saturated heterocycles. The van der Waals surface area contributed by atoms with Crippen LogP contribution in [0.15, 0.2) is 23.0 Å². The molecule has 0 amide bonds. The first-order chi connectivity index (χ1) is 9.81. The van der Waals surface area contributed by atoms with Crippen LogP contribution in [0.4, 0.5) is 0 Å². The summed E-state index contributed by atoms with van der Waals surface area (Å²) in [5.74, 6) is 0.580. The van der Waals surface area contributed by atoms with Crippen molar-refractivity contribution in [2.75, 3.05) is 0 Å². The highest BCUT2D eigenvalue weighted by Crippen LogP contribution is 2.29. The third kappa shape index (κ3) is 3.16. The molecule has 0 spiro atoms. The van der Waals surface area contributed by atoms with Crippen molar-refractivity contribution in [1.29, 1.82) is 0 Å². The molecule has 0 bridgehead atoms. The molecule has 0 saturated carbocycles. The van der Waals surface area contributed by atoms with Crippen molar-refractivity contribution < 1.29 is 4.74 Å². The fraction of sp³-hybridized carbons (Fsp3) is 0.357. The maximum Gasteiger partial charge on any atom is 0.280 e. The molecular weight excluding hydrogens is 310 g/mol. The lowest BCUT2D eigenvalue weighted by atomic mass is 10.1. The topological polar surface area (TPSA) is 49.0 Å². The smallest absolute Gasteiger partial charge is 0.280 e. The Morgan fingerprint density at radius 2 is 2.00 bits per heavy atom. The molecule has 112 valence electrons. The van der Waals surface area contributed by atoms with Gasteiger partial charge in [0.25, 0.3) is 5.56 Å². The number of hydrogen-bond acceptors (Lipinski definition) is 4. The average molecular weight is 326 g/mol. The number of aromatic nitrogens is 3. The predicted octanol–water partition coefficient (Wildman–Crippen LogP) is 2.96. The van der Waals surface area contributed by atoms with Crippen LogP contribution in [-0.2, 0) is 14.1 Å². The summed E-state index contributed by atoms with van der Waals surface area (Å²) in [4.78, 5) is 12.3. The third-order valence-corrected chi connectivity index (χ3v) is 3.72. The van der Waals surface area contributed by atoms with E-state index in [0.717, 1.165) is 0 Å². The van der Waals surface area contributed by atoms with Crippen LogP contribution >= 0.6 is 23.8 Å². The van der Waals surface area contributed by atoms with E-state index in [1.165, 1.54) is 9.25 Å². The Kier molecular flexibility index (Phi) is 4.49. The molecule has 0 aliphatic rings. The van der Waals surface area contributed by atoms with E-state index in [4.69, 9.17) is 28.6 Å². The van der Waals surface area contributed by atoms with Gasteiger partial charge in [-0.3, -0.25) is 9.36 Å². The zero-order valence-electron chi connectivity index (χ0n) is 12.3. The molecule has 0 aliphatic heterocycles. The van der Waals surface area contributed by atoms with Gasteiger partial charge in [0.2, 0.25) is 0 Å². The molecule has 2 rings (SSSR count). The van der Waals surface area contributed by atoms with Crippen LogP contribution in [0.1, 0.15) is 13.8 Å². The van der Waals surface area contributed by atoms with Gasteiger partial charge in [0, 0.05) is 19.7 Å². The lowest BCUT2D eigenvalue weighted by molar-refractivity contribution is 0.242. The number of aryl methyl sites for hydroxylation is 1. The van der Waals surface area contributed by atoms with Gasteiger partial charge in [-0.25, -0.2) is 4.68 Å². The highest BCUT2D eigenvalue weighted by Gasteiger charge is 2.12. The molecule has 1 heterocycles. The Labute approximate surface area is 132 Å². The minimum absolute atomic E-state index is 0.0247. The summed E-state index contributed by atoms with van der Waals surface area (Å²) in [6.07, 6.45) is 0.0247. The van der Waals surface area contributed by atoms with Gasteiger partial charge in [0.15, 0.2) is 10.5 Å². The number of hydrogen-bond donors (Lipinski definition) is 0. The van der Waals surface area contributed by atoms with E-state index in [2.05, 4.69) is 5.10 Å². The van der Waals surface area contributed by atoms with E-state index in [1.807, 2.05) is 13.8 Å². The molecule has 0 unspecified atom stereocenters. The van der Waals surface area contributed by atoms with E-state index in [1.54, 1.807) is 32.3 Å². The van der Waals surface area contributed by atoms with Crippen LogP contribution in [0, 0.1) is 4.77 Å². The second-order valence-electron chi connectivity index (χ2n) is 4.93. The maximum atomic E-state index is 12.3. The molecule has 2 aromatic rings. The largest absolute Gasteiger partial charge is 0.489 e. The molecule has 21 heavy (non-hydrogen) atoms. The van der Waals surface area contributed by atoms with Crippen LogP contribution in [0.2, 0.25) is 5.02 Å². The standard InChI is InChI=1S/C14H16ClN3O2S/c1-8(2)20-11-6-5-9(7-10(11)15)12-13(19)17(3)14(21)18(4)16-12/h5-8H,1-4H3. The van der Waals surface area contributed by atoms with Gasteiger partial charge in [0.1, 0.15) is 5.75 Å². The van der Waals surface area contributed by atoms with Crippen molar-refractivity contribution in [1.82, 2.24) is 14.3 Å². The first-order valence-corrected chi connectivity index (χ1v) is 7.20. The molecule has 1 aromatic carbocycles. The second kappa shape index (κ2) is 5.99. The van der Waals surface area contributed by atoms with Gasteiger partial charge >= 0.3 is 0 Å². The van der Waals surface area contributed by atoms with Crippen LogP contribution in [-0.4, -0.2) is 20.5 Å². The Morgan fingerprint density at radius 3 is 2.57 bits per heavy atom. The summed E-state index contributed by atoms with van der Waals surface area (Å²) >= 11 is 11.3. The van der Waals surface area contributed by atoms with E-state index >= 15 is 0 Å². The number of halogens is 1. The summed E-state index contributed by atoms with van der Waals surface area (Å²) in [5.41, 5.74) is 0.667. The quantitative estimate of drug-likeness (QED) is 0.814. The van der Waals surface area contributed by atoms with Gasteiger partial charge in [-0.15, -0.1) is 0 Å². The summed E-state index contributed by atoms with van der Waals surface area (Å²) in [5, 5.41) is 4.65. The summed E-state index contributed by atoms with van der Waals surface area (Å²) in [6, 6.07) is 5.17. The first kappa shape index (κ1) is 15.7. The highest BCUT2D eigenvalue weighted by atomic mass is 35.5. The normalized spacial score (nSPS) is 11.0. The van der Waals surface area contributed by atoms with Gasteiger partial charge < -0.3 is 4.74 Å². The fourth-order valence-corrected chi connectivity index (χ4v) is 2.23. The van der Waals surface area contributed by atoms with E-state index < -0.39 is 0 Å². The van der Waals surface area contributed by atoms with E-state index in [-0.39, 0.29) is 11.7 Å². The van der Waals surface area contributed by atoms with Crippen LogP contribution in [0.5, 0.6) is 5.75 Å². The highest BCUT2D eigenvalue weighted by molar-refractivity contribution is 7.71. The molecule has 0 radical (unpaired) electrons. The minimum atomic E-state index is -0.258. The van der Waals surface area contributed by atoms with Crippen molar-refractivity contribution in [3.8, 4) is 17.0 Å². The van der Waals surface area contributed by atoms with Crippen molar-refractivity contribution in [3.05, 3.63) is 38.3 Å². The maximum absolute atomic E-state index is 12.3. The first-order valence-electron chi connectivity index (χ1n) is 6.42. The summed E-state index contributed by atoms with van der Waals surface area (Å²) in [6.45, 7) is 3.84. The molecule has 1 aromatic heterocycles. The Bertz CT molecular complexity index is 796. The van der Waals surface area contributed by atoms with Gasteiger partial charge in [-0.05, 0) is 44.3 Å². The van der Waals surface area contributed by atoms with Crippen molar-refractivity contribution in [2.45, 2.75) is 20.0 Å². The number of benzene rings is 1. The van der Waals surface area contributed by atoms with Gasteiger partial charge in [-0.2, -0.15) is 5.10 Å². The average Bonchev–Trinajstić information content (AvgIpc) is 2.42. The summed E-state index contributed by atoms with van der Waals surface area (Å²) < 4.78 is 8.79. The Morgan fingerprint density at radius 1 is 1.33 bits per heavy atom. The van der Waals surface area contributed by atoms with Gasteiger partial charge in [-0.1, -0.05) is 11.6 Å². The van der Waals surface area contributed by atoms with Crippen molar-refractivity contribution in [3.63, 3.8) is 0 Å². The lowest BCUT2D eigenvalue weighted by Gasteiger charge is -2.12. The monoisotopic (exact) mass is 325 g/mol. The fourth-order valence-electron chi connectivity index (χ4n) is 1.88. The third-order valence-electron chi connectivity index (χ3n) is 2.89. The Balaban J connectivity index is 2.56. The number of nitrogens with zero attached hydrogens (tertiary/aromatic N) is 3. The predicted molar refractivity (Wildman–Crippen MR) is 85.5 cm³/mol. The number of rotatable bonds is 3. The number of ether oxygens (including phenoxy) is 1. The molecule has 0 fully saturated rings. The molecule has 0 aliphatic carbocycles. The van der Waals surface area contributed by atoms with Crippen LogP contribution in [0.25, 0.3) is 11.3 Å². The zero-order chi connectivity index (χ0) is 15.7. The zero-order valence-corrected chi connectivity index (χ0v) is 13.8. The molecule has 0 atom stereocenters. The van der Waals surface area contributed by atoms with Crippen LogP contribution < -0.4 is 10.3 Å². The Hall–Kier alpha value is -1.66. The molecule has 0 N–H and O–H groups in total. The summed E-state index contributed by atoms with van der Waals surface area (Å²) in [7, 11) is 3.32. The van der Waals surface area contributed by atoms with E-state index in [0.29, 0.717) is 26.8 Å². The minimum Gasteiger partial charge on any atom is -0.489 e. The van der Waals surface area contributed by atoms with Crippen LogP contribution in [0.3, 0.4) is 0 Å².